The highest BCUT2D eigenvalue weighted by Gasteiger charge is 2.17. The van der Waals surface area contributed by atoms with Gasteiger partial charge in [-0.1, -0.05) is 15.9 Å². The second kappa shape index (κ2) is 7.13. The highest BCUT2D eigenvalue weighted by atomic mass is 79.9. The van der Waals surface area contributed by atoms with E-state index in [1.165, 1.54) is 0 Å². The third-order valence-corrected chi connectivity index (χ3v) is 4.97. The molecule has 1 aliphatic rings. The van der Waals surface area contributed by atoms with Crippen molar-refractivity contribution in [3.8, 4) is 17.2 Å². The number of halogens is 2. The summed E-state index contributed by atoms with van der Waals surface area (Å²) in [6, 6.07) is 10.7. The van der Waals surface area contributed by atoms with Crippen LogP contribution >= 0.6 is 31.9 Å². The molecule has 8 heteroatoms. The SMILES string of the molecule is O=C(OCc1cc2c(cc1Br)OCO2)c1ccc(-n2cc(Br)cn2)cc1. The van der Waals surface area contributed by atoms with E-state index < -0.39 is 5.97 Å². The maximum atomic E-state index is 12.3. The number of ether oxygens (including phenoxy) is 3. The van der Waals surface area contributed by atoms with Gasteiger partial charge in [0.05, 0.1) is 21.9 Å². The Kier molecular flexibility index (Phi) is 4.69. The van der Waals surface area contributed by atoms with Crippen molar-refractivity contribution in [1.82, 2.24) is 9.78 Å². The second-order valence-corrected chi connectivity index (χ2v) is 7.29. The normalized spacial score (nSPS) is 12.2. The summed E-state index contributed by atoms with van der Waals surface area (Å²) in [5.74, 6) is 0.921. The van der Waals surface area contributed by atoms with Gasteiger partial charge in [-0.2, -0.15) is 5.10 Å². The van der Waals surface area contributed by atoms with Crippen molar-refractivity contribution >= 4 is 37.8 Å². The molecule has 26 heavy (non-hydrogen) atoms. The first-order chi connectivity index (χ1) is 12.6. The van der Waals surface area contributed by atoms with Gasteiger partial charge in [0, 0.05) is 16.2 Å². The van der Waals surface area contributed by atoms with E-state index in [-0.39, 0.29) is 13.4 Å². The second-order valence-electron chi connectivity index (χ2n) is 5.52. The zero-order chi connectivity index (χ0) is 18.1. The summed E-state index contributed by atoms with van der Waals surface area (Å²) in [4.78, 5) is 12.3. The fourth-order valence-electron chi connectivity index (χ4n) is 2.49. The lowest BCUT2D eigenvalue weighted by atomic mass is 10.2. The van der Waals surface area contributed by atoms with Gasteiger partial charge in [-0.3, -0.25) is 0 Å². The molecule has 132 valence electrons. The number of esters is 1. The Morgan fingerprint density at radius 3 is 2.58 bits per heavy atom. The quantitative estimate of drug-likeness (QED) is 0.516. The average molecular weight is 480 g/mol. The number of aromatic nitrogens is 2. The Hall–Kier alpha value is -2.32. The first-order valence-electron chi connectivity index (χ1n) is 7.66. The molecule has 0 aliphatic carbocycles. The molecule has 0 radical (unpaired) electrons. The molecule has 0 saturated heterocycles. The van der Waals surface area contributed by atoms with Crippen molar-refractivity contribution in [3.05, 3.63) is 68.9 Å². The number of carbonyl (C=O) groups is 1. The molecule has 0 fully saturated rings. The van der Waals surface area contributed by atoms with Crippen molar-refractivity contribution in [1.29, 1.82) is 0 Å². The van der Waals surface area contributed by atoms with Gasteiger partial charge >= 0.3 is 5.97 Å². The van der Waals surface area contributed by atoms with Crippen LogP contribution in [-0.4, -0.2) is 22.5 Å². The highest BCUT2D eigenvalue weighted by Crippen LogP contribution is 2.37. The van der Waals surface area contributed by atoms with E-state index in [1.54, 1.807) is 29.1 Å². The molecule has 2 aromatic carbocycles. The molecular formula is C18H12Br2N2O4. The fourth-order valence-corrected chi connectivity index (χ4v) is 3.21. The topological polar surface area (TPSA) is 62.6 Å². The standard InChI is InChI=1S/C18H12Br2N2O4/c19-13-7-21-22(8-13)14-3-1-11(2-4-14)18(23)24-9-12-5-16-17(6-15(12)20)26-10-25-16/h1-8H,9-10H2. The summed E-state index contributed by atoms with van der Waals surface area (Å²) in [7, 11) is 0. The molecule has 2 heterocycles. The van der Waals surface area contributed by atoms with Gasteiger partial charge in [0.2, 0.25) is 6.79 Å². The number of benzene rings is 2. The average Bonchev–Trinajstić information content (AvgIpc) is 3.28. The Morgan fingerprint density at radius 1 is 1.15 bits per heavy atom. The molecule has 0 amide bonds. The maximum Gasteiger partial charge on any atom is 0.338 e. The molecule has 0 saturated carbocycles. The number of hydrogen-bond acceptors (Lipinski definition) is 5. The smallest absolute Gasteiger partial charge is 0.338 e. The van der Waals surface area contributed by atoms with Gasteiger partial charge in [-0.05, 0) is 52.3 Å². The molecule has 6 nitrogen and oxygen atoms in total. The van der Waals surface area contributed by atoms with Gasteiger partial charge in [0.1, 0.15) is 6.61 Å². The number of nitrogens with zero attached hydrogens (tertiary/aromatic N) is 2. The Morgan fingerprint density at radius 2 is 1.88 bits per heavy atom. The molecule has 0 spiro atoms. The third kappa shape index (κ3) is 3.47. The van der Waals surface area contributed by atoms with Gasteiger partial charge in [0.15, 0.2) is 11.5 Å². The van der Waals surface area contributed by atoms with Gasteiger partial charge in [-0.25, -0.2) is 9.48 Å². The van der Waals surface area contributed by atoms with Crippen molar-refractivity contribution in [2.45, 2.75) is 6.61 Å². The lowest BCUT2D eigenvalue weighted by Crippen LogP contribution is -2.06. The summed E-state index contributed by atoms with van der Waals surface area (Å²) in [6.45, 7) is 0.327. The van der Waals surface area contributed by atoms with Crippen LogP contribution in [0, 0.1) is 0 Å². The van der Waals surface area contributed by atoms with E-state index in [9.17, 15) is 4.79 Å². The van der Waals surface area contributed by atoms with E-state index in [0.717, 1.165) is 20.2 Å². The third-order valence-electron chi connectivity index (χ3n) is 3.82. The summed E-state index contributed by atoms with van der Waals surface area (Å²) in [6.07, 6.45) is 3.54. The van der Waals surface area contributed by atoms with Crippen LogP contribution in [0.15, 0.2) is 57.7 Å². The van der Waals surface area contributed by atoms with E-state index in [0.29, 0.717) is 17.1 Å². The van der Waals surface area contributed by atoms with Gasteiger partial charge in [0.25, 0.3) is 0 Å². The fraction of sp³-hybridized carbons (Fsp3) is 0.111. The van der Waals surface area contributed by atoms with Crippen molar-refractivity contribution in [2.24, 2.45) is 0 Å². The first-order valence-corrected chi connectivity index (χ1v) is 9.24. The Labute approximate surface area is 165 Å². The number of hydrogen-bond donors (Lipinski definition) is 0. The highest BCUT2D eigenvalue weighted by molar-refractivity contribution is 9.10. The van der Waals surface area contributed by atoms with Crippen LogP contribution in [0.1, 0.15) is 15.9 Å². The van der Waals surface area contributed by atoms with Crippen LogP contribution in [0.25, 0.3) is 5.69 Å². The van der Waals surface area contributed by atoms with E-state index in [4.69, 9.17) is 14.2 Å². The number of fused-ring (bicyclic) bond motifs is 1. The van der Waals surface area contributed by atoms with Crippen LogP contribution in [0.4, 0.5) is 0 Å². The number of carbonyl (C=O) groups excluding carboxylic acids is 1. The minimum atomic E-state index is -0.400. The zero-order valence-electron chi connectivity index (χ0n) is 13.3. The van der Waals surface area contributed by atoms with Gasteiger partial charge < -0.3 is 14.2 Å². The van der Waals surface area contributed by atoms with Crippen LogP contribution < -0.4 is 9.47 Å². The monoisotopic (exact) mass is 478 g/mol. The predicted octanol–water partition coefficient (Wildman–Crippen LogP) is 4.48. The molecule has 1 aliphatic heterocycles. The van der Waals surface area contributed by atoms with E-state index >= 15 is 0 Å². The van der Waals surface area contributed by atoms with Crippen molar-refractivity contribution in [2.75, 3.05) is 6.79 Å². The lowest BCUT2D eigenvalue weighted by molar-refractivity contribution is 0.0471. The van der Waals surface area contributed by atoms with Crippen LogP contribution in [-0.2, 0) is 11.3 Å². The Balaban J connectivity index is 1.44. The molecule has 1 aromatic heterocycles. The van der Waals surface area contributed by atoms with E-state index in [2.05, 4.69) is 37.0 Å². The van der Waals surface area contributed by atoms with Crippen LogP contribution in [0.3, 0.4) is 0 Å². The van der Waals surface area contributed by atoms with Crippen molar-refractivity contribution in [3.63, 3.8) is 0 Å². The molecule has 0 bridgehead atoms. The molecule has 3 aromatic rings. The first kappa shape index (κ1) is 17.1. The van der Waals surface area contributed by atoms with Crippen LogP contribution in [0.2, 0.25) is 0 Å². The summed E-state index contributed by atoms with van der Waals surface area (Å²) >= 11 is 6.81. The minimum absolute atomic E-state index is 0.129. The molecule has 4 rings (SSSR count). The largest absolute Gasteiger partial charge is 0.457 e. The predicted molar refractivity (Wildman–Crippen MR) is 101 cm³/mol. The maximum absolute atomic E-state index is 12.3. The minimum Gasteiger partial charge on any atom is -0.457 e. The molecule has 0 N–H and O–H groups in total. The molecule has 0 unspecified atom stereocenters. The molecular weight excluding hydrogens is 468 g/mol. The summed E-state index contributed by atoms with van der Waals surface area (Å²) in [5, 5.41) is 4.20. The Bertz CT molecular complexity index is 970. The summed E-state index contributed by atoms with van der Waals surface area (Å²) in [5.41, 5.74) is 2.13. The van der Waals surface area contributed by atoms with Crippen molar-refractivity contribution < 1.29 is 19.0 Å². The van der Waals surface area contributed by atoms with E-state index in [1.807, 2.05) is 24.4 Å². The van der Waals surface area contributed by atoms with Crippen LogP contribution in [0.5, 0.6) is 11.5 Å². The summed E-state index contributed by atoms with van der Waals surface area (Å²) < 4.78 is 19.5. The number of rotatable bonds is 4. The lowest BCUT2D eigenvalue weighted by Gasteiger charge is -2.08. The molecule has 0 atom stereocenters. The zero-order valence-corrected chi connectivity index (χ0v) is 16.5. The van der Waals surface area contributed by atoms with Gasteiger partial charge in [-0.15, -0.1) is 0 Å².